The van der Waals surface area contributed by atoms with Crippen LogP contribution in [0.3, 0.4) is 0 Å². The van der Waals surface area contributed by atoms with Crippen molar-refractivity contribution < 1.29 is 27.5 Å². The van der Waals surface area contributed by atoms with Gasteiger partial charge in [-0.1, -0.05) is 148 Å². The summed E-state index contributed by atoms with van der Waals surface area (Å²) in [5.74, 6) is 0.218. The summed E-state index contributed by atoms with van der Waals surface area (Å²) >= 11 is 0. The van der Waals surface area contributed by atoms with Crippen molar-refractivity contribution in [2.75, 3.05) is 0 Å². The molecule has 1 aliphatic carbocycles. The zero-order valence-corrected chi connectivity index (χ0v) is 40.2. The summed E-state index contributed by atoms with van der Waals surface area (Å²) < 4.78 is 14.4. The SMILES string of the molecule is [2H]C1(c2ccc3c(c2)c2cccc4c5c(-c6ccccn6)[c-]c(-c6cccc7c6nc(-c6ccccc6O)n7-c6ccc(C(C)(C)C)cc6-c6ccccc6)cc5n3c24)CCC(C)(C)CC1.[Pt]. The Kier molecular flexibility index (Phi) is 9.80. The fourth-order valence-electron chi connectivity index (χ4n) is 10.6. The molecule has 0 amide bonds. The second-order valence-electron chi connectivity index (χ2n) is 19.9. The van der Waals surface area contributed by atoms with E-state index < -0.39 is 5.89 Å². The fraction of sp³-hybridized carbons (Fsp3) is 0.200. The number of hydrogen-bond acceptors (Lipinski definition) is 3. The van der Waals surface area contributed by atoms with Gasteiger partial charge in [-0.25, -0.2) is 4.98 Å². The largest absolute Gasteiger partial charge is 0.507 e. The van der Waals surface area contributed by atoms with Crippen LogP contribution in [0.25, 0.3) is 99.7 Å². The van der Waals surface area contributed by atoms with Gasteiger partial charge in [-0.3, -0.25) is 9.55 Å². The molecule has 4 heterocycles. The summed E-state index contributed by atoms with van der Waals surface area (Å²) in [6.07, 6.45) is 5.70. The van der Waals surface area contributed by atoms with E-state index in [9.17, 15) is 6.48 Å². The van der Waals surface area contributed by atoms with Gasteiger partial charge >= 0.3 is 0 Å². The van der Waals surface area contributed by atoms with Crippen LogP contribution in [-0.4, -0.2) is 24.0 Å². The average Bonchev–Trinajstić information content (AvgIpc) is 4.00. The van der Waals surface area contributed by atoms with Gasteiger partial charge in [-0.2, -0.15) is 0 Å². The van der Waals surface area contributed by atoms with Gasteiger partial charge in [-0.05, 0) is 119 Å². The van der Waals surface area contributed by atoms with Crippen LogP contribution in [0.2, 0.25) is 0 Å². The summed E-state index contributed by atoms with van der Waals surface area (Å²) in [6, 6.07) is 56.9. The number of aromatic nitrogens is 4. The number of phenols is 1. The quantitative estimate of drug-likeness (QED) is 0.169. The smallest absolute Gasteiger partial charge is 0.148 e. The molecule has 6 heteroatoms. The maximum atomic E-state index is 11.5. The summed E-state index contributed by atoms with van der Waals surface area (Å²) in [5.41, 5.74) is 15.0. The molecule has 12 rings (SSSR count). The molecule has 7 aromatic carbocycles. The molecule has 0 atom stereocenters. The van der Waals surface area contributed by atoms with Crippen molar-refractivity contribution >= 4 is 49.1 Å². The molecule has 1 fully saturated rings. The molecule has 1 saturated carbocycles. The Balaban J connectivity index is 0.00000494. The van der Waals surface area contributed by atoms with Crippen LogP contribution in [-0.2, 0) is 26.5 Å². The first-order valence-electron chi connectivity index (χ1n) is 23.5. The Morgan fingerprint density at radius 1 is 0.697 bits per heavy atom. The maximum absolute atomic E-state index is 11.5. The van der Waals surface area contributed by atoms with Crippen LogP contribution >= 0.6 is 0 Å². The van der Waals surface area contributed by atoms with Gasteiger partial charge < -0.3 is 9.51 Å². The van der Waals surface area contributed by atoms with E-state index in [-0.39, 0.29) is 37.6 Å². The third kappa shape index (κ3) is 6.77. The van der Waals surface area contributed by atoms with Crippen LogP contribution in [0.4, 0.5) is 0 Å². The Bertz CT molecular complexity index is 3690. The zero-order chi connectivity index (χ0) is 45.1. The molecule has 11 aromatic rings. The number of para-hydroxylation sites is 3. The first kappa shape index (κ1) is 40.9. The Labute approximate surface area is 401 Å². The number of aromatic hydroxyl groups is 1. The summed E-state index contributed by atoms with van der Waals surface area (Å²) in [6.45, 7) is 11.4. The van der Waals surface area contributed by atoms with Crippen LogP contribution in [0.1, 0.15) is 78.7 Å². The van der Waals surface area contributed by atoms with Crippen molar-refractivity contribution in [2.45, 2.75) is 71.6 Å². The van der Waals surface area contributed by atoms with E-state index in [1.807, 2.05) is 36.5 Å². The minimum absolute atomic E-state index is 0. The van der Waals surface area contributed by atoms with Crippen molar-refractivity contribution in [3.63, 3.8) is 0 Å². The molecule has 66 heavy (non-hydrogen) atoms. The van der Waals surface area contributed by atoms with E-state index >= 15 is 0 Å². The summed E-state index contributed by atoms with van der Waals surface area (Å²) in [5, 5.41) is 16.2. The molecule has 0 unspecified atom stereocenters. The number of nitrogens with zero attached hydrogens (tertiary/aromatic N) is 4. The molecular formula is C60H51N4OPt-. The molecule has 0 bridgehead atoms. The van der Waals surface area contributed by atoms with Gasteiger partial charge in [0.2, 0.25) is 0 Å². The minimum atomic E-state index is -0.597. The molecule has 1 aliphatic rings. The van der Waals surface area contributed by atoms with E-state index in [0.29, 0.717) is 11.4 Å². The van der Waals surface area contributed by atoms with Crippen molar-refractivity contribution in [3.05, 3.63) is 175 Å². The van der Waals surface area contributed by atoms with E-state index in [2.05, 4.69) is 165 Å². The van der Waals surface area contributed by atoms with E-state index in [1.54, 1.807) is 6.07 Å². The number of benzene rings is 7. The minimum Gasteiger partial charge on any atom is -0.507 e. The van der Waals surface area contributed by atoms with Crippen LogP contribution in [0.5, 0.6) is 5.75 Å². The van der Waals surface area contributed by atoms with Gasteiger partial charge in [0.15, 0.2) is 0 Å². The van der Waals surface area contributed by atoms with Crippen molar-refractivity contribution in [1.29, 1.82) is 0 Å². The van der Waals surface area contributed by atoms with Crippen molar-refractivity contribution in [2.24, 2.45) is 5.41 Å². The number of imidazole rings is 1. The number of pyridine rings is 1. The van der Waals surface area contributed by atoms with Gasteiger partial charge in [0.05, 0.1) is 33.3 Å². The Morgan fingerprint density at radius 2 is 1.44 bits per heavy atom. The zero-order valence-electron chi connectivity index (χ0n) is 38.9. The number of hydrogen-bond donors (Lipinski definition) is 1. The molecule has 328 valence electrons. The molecule has 4 aromatic heterocycles. The number of fused-ring (bicyclic) bond motifs is 7. The second-order valence-corrected chi connectivity index (χ2v) is 19.9. The molecule has 0 spiro atoms. The third-order valence-corrected chi connectivity index (χ3v) is 14.2. The predicted octanol–water partition coefficient (Wildman–Crippen LogP) is 15.7. The van der Waals surface area contributed by atoms with Crippen molar-refractivity contribution in [3.8, 4) is 56.3 Å². The monoisotopic (exact) mass is 1040 g/mol. The topological polar surface area (TPSA) is 55.4 Å². The standard InChI is InChI=1S/C60H51N4O.Pt/c1-59(2,3)41-25-27-50(46(36-41)38-15-7-6-8-16-38)64-52-22-14-18-42(56(52)62-58(64)44-17-9-10-23-54(44)65)40-34-48(49-21-11-12-32-61-49)55-45-20-13-19-43-47-33-39(37-28-30-60(4,5)31-29-37)24-26-51(47)63(57(43)45)53(55)35-40;/h6-27,32-33,35-37,65H,28-31H2,1-5H3;/q-1;/i37D;. The maximum Gasteiger partial charge on any atom is 0.148 e. The van der Waals surface area contributed by atoms with Gasteiger partial charge in [-0.15, -0.1) is 17.7 Å². The van der Waals surface area contributed by atoms with E-state index in [0.717, 1.165) is 103 Å². The molecule has 0 saturated heterocycles. The molecule has 0 radical (unpaired) electrons. The van der Waals surface area contributed by atoms with E-state index in [1.165, 1.54) is 21.9 Å². The third-order valence-electron chi connectivity index (χ3n) is 14.2. The van der Waals surface area contributed by atoms with Crippen molar-refractivity contribution in [1.82, 2.24) is 18.9 Å². The summed E-state index contributed by atoms with van der Waals surface area (Å²) in [7, 11) is 0. The van der Waals surface area contributed by atoms with E-state index in [4.69, 9.17) is 9.97 Å². The fourth-order valence-corrected chi connectivity index (χ4v) is 10.6. The van der Waals surface area contributed by atoms with Crippen LogP contribution in [0, 0.1) is 11.5 Å². The van der Waals surface area contributed by atoms with Gasteiger partial charge in [0.25, 0.3) is 0 Å². The average molecular weight is 1040 g/mol. The van der Waals surface area contributed by atoms with Crippen LogP contribution < -0.4 is 0 Å². The van der Waals surface area contributed by atoms with Crippen LogP contribution in [0.15, 0.2) is 158 Å². The molecular weight excluding hydrogens is 988 g/mol. The number of rotatable bonds is 6. The summed E-state index contributed by atoms with van der Waals surface area (Å²) in [4.78, 5) is 10.5. The first-order valence-corrected chi connectivity index (χ1v) is 23.0. The predicted molar refractivity (Wildman–Crippen MR) is 269 cm³/mol. The second kappa shape index (κ2) is 15.8. The first-order chi connectivity index (χ1) is 31.9. The molecule has 5 nitrogen and oxygen atoms in total. The Hall–Kier alpha value is -6.55. The Morgan fingerprint density at radius 3 is 2.21 bits per heavy atom. The number of phenolic OH excluding ortho intramolecular Hbond substituents is 1. The molecule has 0 aliphatic heterocycles. The normalized spacial score (nSPS) is 15.2. The molecule has 1 N–H and O–H groups in total. The van der Waals surface area contributed by atoms with Gasteiger partial charge in [0, 0.05) is 50.7 Å². The van der Waals surface area contributed by atoms with Gasteiger partial charge in [0.1, 0.15) is 11.6 Å².